The van der Waals surface area contributed by atoms with Gasteiger partial charge in [0.25, 0.3) is 0 Å². The molecule has 0 fully saturated rings. The van der Waals surface area contributed by atoms with Crippen molar-refractivity contribution in [1.82, 2.24) is 9.13 Å². The fourth-order valence-electron chi connectivity index (χ4n) is 12.7. The predicted molar refractivity (Wildman–Crippen MR) is 302 cm³/mol. The molecule has 0 radical (unpaired) electrons. The molecule has 1 aliphatic rings. The number of fused-ring (bicyclic) bond motifs is 12. The Hall–Kier alpha value is -8.98. The van der Waals surface area contributed by atoms with Crippen LogP contribution < -0.4 is 0 Å². The van der Waals surface area contributed by atoms with E-state index in [1.807, 2.05) is 0 Å². The number of hydrogen-bond donors (Lipinski definition) is 0. The highest BCUT2D eigenvalue weighted by Gasteiger charge is 2.35. The largest absolute Gasteiger partial charge is 0.309 e. The monoisotopic (exact) mass is 902 g/mol. The van der Waals surface area contributed by atoms with E-state index in [9.17, 15) is 0 Å². The van der Waals surface area contributed by atoms with E-state index in [4.69, 9.17) is 0 Å². The minimum Gasteiger partial charge on any atom is -0.309 e. The maximum Gasteiger partial charge on any atom is 0.0541 e. The molecule has 0 N–H and O–H groups in total. The molecule has 0 amide bonds. The smallest absolute Gasteiger partial charge is 0.0541 e. The molecule has 2 aromatic heterocycles. The Morgan fingerprint density at radius 3 is 1.35 bits per heavy atom. The van der Waals surface area contributed by atoms with Gasteiger partial charge in [-0.2, -0.15) is 0 Å². The predicted octanol–water partition coefficient (Wildman–Crippen LogP) is 18.6. The molecular formula is C69H46N2. The Kier molecular flexibility index (Phi) is 8.45. The van der Waals surface area contributed by atoms with Gasteiger partial charge in [-0.05, 0) is 149 Å². The van der Waals surface area contributed by atoms with Gasteiger partial charge in [-0.25, -0.2) is 0 Å². The van der Waals surface area contributed by atoms with Crippen molar-refractivity contribution in [3.05, 3.63) is 254 Å². The number of nitrogens with zero attached hydrogens (tertiary/aromatic N) is 2. The van der Waals surface area contributed by atoms with E-state index in [2.05, 4.69) is 266 Å². The Morgan fingerprint density at radius 2 is 0.718 bits per heavy atom. The number of hydrogen-bond acceptors (Lipinski definition) is 0. The lowest BCUT2D eigenvalue weighted by Crippen LogP contribution is -2.14. The summed E-state index contributed by atoms with van der Waals surface area (Å²) in [5.41, 5.74) is 19.7. The van der Waals surface area contributed by atoms with E-state index in [0.29, 0.717) is 0 Å². The standard InChI is InChI=1S/C69H46N2/c1-69(2)61-28-10-5-22-50(61)51-36-33-45(40-62(51)69)44-19-15-20-46(39-44)67-57-37-34-48(71-65-31-13-8-25-54(65)55-26-9-14-32-66(55)71)42-60(57)68(56-27-16-18-43-17-3-4-21-49(43)56)58-38-35-47(41-59(58)67)70-63-29-11-6-23-52(63)53-24-7-12-30-64(53)70/h3-42H,1-2H3. The van der Waals surface area contributed by atoms with Gasteiger partial charge in [0, 0.05) is 38.3 Å². The van der Waals surface area contributed by atoms with Crippen LogP contribution in [0.1, 0.15) is 25.0 Å². The number of para-hydroxylation sites is 4. The topological polar surface area (TPSA) is 9.86 Å². The maximum absolute atomic E-state index is 2.47. The van der Waals surface area contributed by atoms with Crippen LogP contribution in [0.5, 0.6) is 0 Å². The van der Waals surface area contributed by atoms with Gasteiger partial charge in [0.1, 0.15) is 0 Å². The maximum atomic E-state index is 2.47. The van der Waals surface area contributed by atoms with E-state index in [0.717, 1.165) is 11.4 Å². The highest BCUT2D eigenvalue weighted by atomic mass is 15.0. The van der Waals surface area contributed by atoms with Crippen LogP contribution in [0.15, 0.2) is 243 Å². The van der Waals surface area contributed by atoms with Crippen molar-refractivity contribution < 1.29 is 0 Å². The summed E-state index contributed by atoms with van der Waals surface area (Å²) >= 11 is 0. The zero-order valence-corrected chi connectivity index (χ0v) is 39.5. The van der Waals surface area contributed by atoms with Gasteiger partial charge in [-0.3, -0.25) is 0 Å². The molecule has 0 saturated heterocycles. The average molecular weight is 903 g/mol. The van der Waals surface area contributed by atoms with Crippen LogP contribution in [0, 0.1) is 0 Å². The molecule has 12 aromatic carbocycles. The number of benzene rings is 12. The lowest BCUT2D eigenvalue weighted by atomic mass is 9.81. The van der Waals surface area contributed by atoms with Gasteiger partial charge in [-0.15, -0.1) is 0 Å². The first-order valence-electron chi connectivity index (χ1n) is 24.8. The van der Waals surface area contributed by atoms with Crippen LogP contribution >= 0.6 is 0 Å². The molecule has 2 heterocycles. The Morgan fingerprint density at radius 1 is 0.268 bits per heavy atom. The van der Waals surface area contributed by atoms with E-state index in [-0.39, 0.29) is 5.41 Å². The first-order valence-corrected chi connectivity index (χ1v) is 24.8. The van der Waals surface area contributed by atoms with E-state index in [1.165, 1.54) is 132 Å². The second kappa shape index (κ2) is 15.0. The quantitative estimate of drug-likeness (QED) is 0.152. The summed E-state index contributed by atoms with van der Waals surface area (Å²) in [4.78, 5) is 0. The summed E-state index contributed by atoms with van der Waals surface area (Å²) in [6, 6.07) is 90.8. The normalized spacial score (nSPS) is 13.0. The zero-order valence-electron chi connectivity index (χ0n) is 39.5. The van der Waals surface area contributed by atoms with Gasteiger partial charge < -0.3 is 9.13 Å². The second-order valence-corrected chi connectivity index (χ2v) is 20.0. The third kappa shape index (κ3) is 5.76. The van der Waals surface area contributed by atoms with Crippen LogP contribution in [-0.4, -0.2) is 9.13 Å². The Labute approximate surface area is 411 Å². The van der Waals surface area contributed by atoms with Crippen molar-refractivity contribution in [2.24, 2.45) is 0 Å². The summed E-state index contributed by atoms with van der Waals surface area (Å²) < 4.78 is 4.92. The molecule has 0 unspecified atom stereocenters. The van der Waals surface area contributed by atoms with E-state index in [1.54, 1.807) is 0 Å². The first kappa shape index (κ1) is 40.0. The molecule has 332 valence electrons. The van der Waals surface area contributed by atoms with Gasteiger partial charge in [0.2, 0.25) is 0 Å². The molecular weight excluding hydrogens is 857 g/mol. The summed E-state index contributed by atoms with van der Waals surface area (Å²) in [7, 11) is 0. The lowest BCUT2D eigenvalue weighted by Gasteiger charge is -2.22. The molecule has 0 bridgehead atoms. The van der Waals surface area contributed by atoms with Crippen molar-refractivity contribution in [1.29, 1.82) is 0 Å². The van der Waals surface area contributed by atoms with Gasteiger partial charge in [-0.1, -0.05) is 196 Å². The fraction of sp³-hybridized carbons (Fsp3) is 0.0435. The second-order valence-electron chi connectivity index (χ2n) is 20.0. The average Bonchev–Trinajstić information content (AvgIpc) is 4.02. The van der Waals surface area contributed by atoms with Crippen molar-refractivity contribution in [3.8, 4) is 55.9 Å². The summed E-state index contributed by atoms with van der Waals surface area (Å²) in [5, 5.41) is 12.3. The molecule has 0 atom stereocenters. The molecule has 1 aliphatic carbocycles. The van der Waals surface area contributed by atoms with Gasteiger partial charge >= 0.3 is 0 Å². The number of aromatic nitrogens is 2. The van der Waals surface area contributed by atoms with Crippen LogP contribution in [0.3, 0.4) is 0 Å². The molecule has 14 aromatic rings. The zero-order chi connectivity index (χ0) is 47.0. The van der Waals surface area contributed by atoms with Crippen molar-refractivity contribution in [2.45, 2.75) is 19.3 Å². The number of rotatable bonds is 5. The summed E-state index contributed by atoms with van der Waals surface area (Å²) in [6.45, 7) is 4.74. The Bertz CT molecular complexity index is 4450. The van der Waals surface area contributed by atoms with Crippen LogP contribution in [-0.2, 0) is 5.41 Å². The molecule has 0 spiro atoms. The van der Waals surface area contributed by atoms with E-state index < -0.39 is 0 Å². The van der Waals surface area contributed by atoms with Crippen molar-refractivity contribution in [2.75, 3.05) is 0 Å². The lowest BCUT2D eigenvalue weighted by molar-refractivity contribution is 0.660. The highest BCUT2D eigenvalue weighted by molar-refractivity contribution is 6.25. The summed E-state index contributed by atoms with van der Waals surface area (Å²) in [6.07, 6.45) is 0. The molecule has 2 nitrogen and oxygen atoms in total. The van der Waals surface area contributed by atoms with Gasteiger partial charge in [0.05, 0.1) is 22.1 Å². The first-order chi connectivity index (χ1) is 35.0. The third-order valence-electron chi connectivity index (χ3n) is 15.9. The SMILES string of the molecule is CC1(C)c2ccccc2-c2ccc(-c3cccc(-c4c5cc(-n6c7ccccc7c7ccccc76)ccc5c(-c5cccc6ccccc56)c5cc(-n6c7ccccc7c7ccccc76)ccc45)c3)cc21. The van der Waals surface area contributed by atoms with Crippen LogP contribution in [0.2, 0.25) is 0 Å². The van der Waals surface area contributed by atoms with Crippen LogP contribution in [0.4, 0.5) is 0 Å². The third-order valence-corrected chi connectivity index (χ3v) is 15.9. The molecule has 2 heteroatoms. The fourth-order valence-corrected chi connectivity index (χ4v) is 12.7. The van der Waals surface area contributed by atoms with Crippen LogP contribution in [0.25, 0.3) is 132 Å². The molecule has 15 rings (SSSR count). The molecule has 71 heavy (non-hydrogen) atoms. The van der Waals surface area contributed by atoms with Crippen molar-refractivity contribution in [3.63, 3.8) is 0 Å². The minimum atomic E-state index is -0.0965. The minimum absolute atomic E-state index is 0.0965. The molecule has 0 aliphatic heterocycles. The van der Waals surface area contributed by atoms with Gasteiger partial charge in [0.15, 0.2) is 0 Å². The molecule has 0 saturated carbocycles. The van der Waals surface area contributed by atoms with Crippen molar-refractivity contribution >= 4 is 75.9 Å². The Balaban J connectivity index is 1.06. The van der Waals surface area contributed by atoms with E-state index >= 15 is 0 Å². The summed E-state index contributed by atoms with van der Waals surface area (Å²) in [5.74, 6) is 0. The highest BCUT2D eigenvalue weighted by Crippen LogP contribution is 2.51.